The van der Waals surface area contributed by atoms with Gasteiger partial charge in [0.1, 0.15) is 6.61 Å². The summed E-state index contributed by atoms with van der Waals surface area (Å²) in [4.78, 5) is 33.3. The monoisotopic (exact) mass is 255 g/mol. The van der Waals surface area contributed by atoms with Crippen molar-refractivity contribution in [3.63, 3.8) is 0 Å². The van der Waals surface area contributed by atoms with Gasteiger partial charge in [0.25, 0.3) is 5.09 Å². The van der Waals surface area contributed by atoms with Crippen LogP contribution in [0.25, 0.3) is 0 Å². The number of aromatic nitrogens is 2. The molecule has 0 radical (unpaired) electrons. The Morgan fingerprint density at radius 1 is 1.22 bits per heavy atom. The fourth-order valence-corrected chi connectivity index (χ4v) is 1.19. The molecule has 0 bridgehead atoms. The largest absolute Gasteiger partial charge is 0.458 e. The van der Waals surface area contributed by atoms with E-state index in [4.69, 9.17) is 4.74 Å². The molecule has 0 aliphatic carbocycles. The zero-order chi connectivity index (χ0) is 13.7. The molecule has 18 heavy (non-hydrogen) atoms. The van der Waals surface area contributed by atoms with Crippen molar-refractivity contribution in [2.75, 3.05) is 6.61 Å². The Labute approximate surface area is 103 Å². The van der Waals surface area contributed by atoms with E-state index in [1.807, 2.05) is 6.92 Å². The minimum absolute atomic E-state index is 0.0835. The van der Waals surface area contributed by atoms with Crippen molar-refractivity contribution >= 4 is 5.97 Å². The molecule has 0 saturated heterocycles. The topological polar surface area (TPSA) is 104 Å². The van der Waals surface area contributed by atoms with Crippen molar-refractivity contribution < 1.29 is 19.5 Å². The van der Waals surface area contributed by atoms with Gasteiger partial charge in [-0.2, -0.15) is 0 Å². The van der Waals surface area contributed by atoms with Crippen LogP contribution in [0, 0.1) is 30.9 Å². The Hall–Kier alpha value is -2.25. The fraction of sp³-hybridized carbons (Fsp3) is 0.500. The van der Waals surface area contributed by atoms with Crippen LogP contribution < -0.4 is 0 Å². The van der Waals surface area contributed by atoms with Gasteiger partial charge in [0.15, 0.2) is 6.61 Å². The van der Waals surface area contributed by atoms with Gasteiger partial charge in [-0.3, -0.25) is 9.97 Å². The van der Waals surface area contributed by atoms with Gasteiger partial charge in [0.05, 0.1) is 22.8 Å². The number of carbonyl (C=O) groups is 1. The Kier molecular flexibility index (Phi) is 4.52. The number of carbonyl (C=O) groups excluding carboxylic acids is 1. The average Bonchev–Trinajstić information content (AvgIpc) is 2.29. The van der Waals surface area contributed by atoms with E-state index in [1.54, 1.807) is 13.8 Å². The Balaban J connectivity index is 2.56. The van der Waals surface area contributed by atoms with E-state index in [-0.39, 0.29) is 6.61 Å². The van der Waals surface area contributed by atoms with E-state index in [9.17, 15) is 14.9 Å². The van der Waals surface area contributed by atoms with Gasteiger partial charge < -0.3 is 9.57 Å². The summed E-state index contributed by atoms with van der Waals surface area (Å²) in [5, 5.41) is 8.81. The summed E-state index contributed by atoms with van der Waals surface area (Å²) in [7, 11) is 0. The predicted molar refractivity (Wildman–Crippen MR) is 59.0 cm³/mol. The van der Waals surface area contributed by atoms with Crippen molar-refractivity contribution in [2.45, 2.75) is 27.4 Å². The number of ether oxygens (including phenoxy) is 1. The van der Waals surface area contributed by atoms with Crippen molar-refractivity contribution in [3.8, 4) is 0 Å². The molecule has 1 rings (SSSR count). The molecule has 1 aromatic rings. The van der Waals surface area contributed by atoms with Crippen LogP contribution in [0.2, 0.25) is 0 Å². The van der Waals surface area contributed by atoms with Gasteiger partial charge in [-0.05, 0) is 20.8 Å². The molecule has 0 saturated carbocycles. The molecule has 0 amide bonds. The van der Waals surface area contributed by atoms with E-state index < -0.39 is 17.7 Å². The normalized spacial score (nSPS) is 9.94. The molecule has 98 valence electrons. The molecule has 1 aromatic heterocycles. The molecule has 8 nitrogen and oxygen atoms in total. The highest BCUT2D eigenvalue weighted by atomic mass is 17.0. The highest BCUT2D eigenvalue weighted by Crippen LogP contribution is 2.08. The summed E-state index contributed by atoms with van der Waals surface area (Å²) in [6.45, 7) is 4.55. The van der Waals surface area contributed by atoms with Crippen LogP contribution in [-0.4, -0.2) is 27.6 Å². The first-order valence-electron chi connectivity index (χ1n) is 5.13. The number of aryl methyl sites for hydroxylation is 3. The lowest BCUT2D eigenvalue weighted by Crippen LogP contribution is -2.16. The Morgan fingerprint density at radius 3 is 2.44 bits per heavy atom. The summed E-state index contributed by atoms with van der Waals surface area (Å²) in [6.07, 6.45) is 0. The highest BCUT2D eigenvalue weighted by molar-refractivity contribution is 5.70. The SMILES string of the molecule is Cc1nc(C)c(COC(=O)CO[N+](=O)[O-])nc1C. The van der Waals surface area contributed by atoms with E-state index in [2.05, 4.69) is 14.8 Å². The highest BCUT2D eigenvalue weighted by Gasteiger charge is 2.10. The number of hydrogen-bond donors (Lipinski definition) is 0. The molecule has 1 heterocycles. The van der Waals surface area contributed by atoms with Crippen molar-refractivity contribution in [1.82, 2.24) is 9.97 Å². The fourth-order valence-electron chi connectivity index (χ4n) is 1.19. The molecule has 0 fully saturated rings. The molecule has 8 heteroatoms. The van der Waals surface area contributed by atoms with Crippen molar-refractivity contribution in [2.24, 2.45) is 0 Å². The molecule has 0 aromatic carbocycles. The second kappa shape index (κ2) is 5.89. The zero-order valence-electron chi connectivity index (χ0n) is 10.3. The summed E-state index contributed by atoms with van der Waals surface area (Å²) in [6, 6.07) is 0. The molecule has 0 unspecified atom stereocenters. The number of nitrogens with zero attached hydrogens (tertiary/aromatic N) is 3. The third-order valence-corrected chi connectivity index (χ3v) is 2.24. The first-order chi connectivity index (χ1) is 8.40. The Bertz CT molecular complexity index is 475. The van der Waals surface area contributed by atoms with Crippen LogP contribution in [0.1, 0.15) is 22.8 Å². The molecule has 0 N–H and O–H groups in total. The summed E-state index contributed by atoms with van der Waals surface area (Å²) in [5.74, 6) is -0.828. The Morgan fingerprint density at radius 2 is 1.83 bits per heavy atom. The van der Waals surface area contributed by atoms with Crippen LogP contribution in [0.15, 0.2) is 0 Å². The van der Waals surface area contributed by atoms with Gasteiger partial charge in [0.2, 0.25) is 0 Å². The van der Waals surface area contributed by atoms with Crippen LogP contribution in [0.5, 0.6) is 0 Å². The van der Waals surface area contributed by atoms with Crippen molar-refractivity contribution in [3.05, 3.63) is 32.9 Å². The third kappa shape index (κ3) is 3.96. The van der Waals surface area contributed by atoms with Crippen molar-refractivity contribution in [1.29, 1.82) is 0 Å². The van der Waals surface area contributed by atoms with E-state index in [0.717, 1.165) is 11.4 Å². The molecule has 0 aliphatic rings. The van der Waals surface area contributed by atoms with Crippen LogP contribution in [-0.2, 0) is 21.0 Å². The predicted octanol–water partition coefficient (Wildman–Crippen LogP) is 0.653. The zero-order valence-corrected chi connectivity index (χ0v) is 10.3. The third-order valence-electron chi connectivity index (χ3n) is 2.24. The van der Waals surface area contributed by atoms with Crippen LogP contribution >= 0.6 is 0 Å². The van der Waals surface area contributed by atoms with Gasteiger partial charge in [-0.15, -0.1) is 10.1 Å². The second-order valence-electron chi connectivity index (χ2n) is 3.58. The lowest BCUT2D eigenvalue weighted by molar-refractivity contribution is -0.754. The number of hydrogen-bond acceptors (Lipinski definition) is 7. The lowest BCUT2D eigenvalue weighted by Gasteiger charge is -2.08. The van der Waals surface area contributed by atoms with Crippen LogP contribution in [0.3, 0.4) is 0 Å². The second-order valence-corrected chi connectivity index (χ2v) is 3.58. The lowest BCUT2D eigenvalue weighted by atomic mass is 10.3. The summed E-state index contributed by atoms with van der Waals surface area (Å²) >= 11 is 0. The van der Waals surface area contributed by atoms with Gasteiger partial charge in [-0.25, -0.2) is 4.79 Å². The maximum atomic E-state index is 11.1. The minimum atomic E-state index is -1.05. The van der Waals surface area contributed by atoms with Gasteiger partial charge in [-0.1, -0.05) is 0 Å². The first-order valence-corrected chi connectivity index (χ1v) is 5.13. The summed E-state index contributed by atoms with van der Waals surface area (Å²) in [5.41, 5.74) is 2.72. The number of esters is 1. The summed E-state index contributed by atoms with van der Waals surface area (Å²) < 4.78 is 4.78. The first kappa shape index (κ1) is 13.8. The average molecular weight is 255 g/mol. The molecular formula is C10H13N3O5. The van der Waals surface area contributed by atoms with E-state index >= 15 is 0 Å². The molecule has 0 atom stereocenters. The maximum absolute atomic E-state index is 11.1. The molecular weight excluding hydrogens is 242 g/mol. The standard InChI is InChI=1S/C10H13N3O5/c1-6-7(2)12-9(8(3)11-6)4-17-10(14)5-18-13(15)16/h4-5H2,1-3H3. The smallest absolute Gasteiger partial charge is 0.332 e. The number of rotatable bonds is 5. The van der Waals surface area contributed by atoms with E-state index in [0.29, 0.717) is 11.4 Å². The van der Waals surface area contributed by atoms with Gasteiger partial charge >= 0.3 is 5.97 Å². The van der Waals surface area contributed by atoms with Gasteiger partial charge in [0, 0.05) is 0 Å². The quantitative estimate of drug-likeness (QED) is 0.432. The molecule has 0 spiro atoms. The van der Waals surface area contributed by atoms with E-state index in [1.165, 1.54) is 0 Å². The van der Waals surface area contributed by atoms with Crippen LogP contribution in [0.4, 0.5) is 0 Å². The minimum Gasteiger partial charge on any atom is -0.458 e. The molecule has 0 aliphatic heterocycles. The maximum Gasteiger partial charge on any atom is 0.332 e.